The van der Waals surface area contributed by atoms with Crippen molar-refractivity contribution in [1.29, 1.82) is 0 Å². The Labute approximate surface area is 164 Å². The Bertz CT molecular complexity index is 738. The summed E-state index contributed by atoms with van der Waals surface area (Å²) in [6.07, 6.45) is 7.29. The summed E-state index contributed by atoms with van der Waals surface area (Å²) < 4.78 is 7.12. The molecule has 0 radical (unpaired) electrons. The van der Waals surface area contributed by atoms with Crippen molar-refractivity contribution >= 4 is 23.2 Å². The number of rotatable bonds is 8. The topological polar surface area (TPSA) is 72.3 Å². The smallest absolute Gasteiger partial charge is 0.224 e. The fourth-order valence-electron chi connectivity index (χ4n) is 3.49. The van der Waals surface area contributed by atoms with Gasteiger partial charge in [0.25, 0.3) is 0 Å². The van der Waals surface area contributed by atoms with Crippen molar-refractivity contribution in [2.75, 3.05) is 32.1 Å². The molecule has 1 saturated heterocycles. The summed E-state index contributed by atoms with van der Waals surface area (Å²) in [7, 11) is 1.57. The van der Waals surface area contributed by atoms with E-state index >= 15 is 0 Å². The highest BCUT2D eigenvalue weighted by molar-refractivity contribution is 6.32. The molecule has 1 aromatic carbocycles. The summed E-state index contributed by atoms with van der Waals surface area (Å²) in [5.41, 5.74) is 0.699. The third kappa shape index (κ3) is 5.94. The zero-order chi connectivity index (χ0) is 19.1. The van der Waals surface area contributed by atoms with Crippen LogP contribution in [0.1, 0.15) is 25.7 Å². The van der Waals surface area contributed by atoms with Crippen LogP contribution in [0.3, 0.4) is 0 Å². The van der Waals surface area contributed by atoms with Crippen molar-refractivity contribution in [3.8, 4) is 5.75 Å². The Balaban J connectivity index is 1.40. The first-order valence-electron chi connectivity index (χ1n) is 9.32. The second-order valence-electron chi connectivity index (χ2n) is 6.94. The van der Waals surface area contributed by atoms with Gasteiger partial charge in [-0.15, -0.1) is 10.2 Å². The van der Waals surface area contributed by atoms with Gasteiger partial charge in [0.2, 0.25) is 5.91 Å². The van der Waals surface area contributed by atoms with Crippen molar-refractivity contribution in [1.82, 2.24) is 19.7 Å². The van der Waals surface area contributed by atoms with Gasteiger partial charge in [-0.05, 0) is 49.9 Å². The van der Waals surface area contributed by atoms with Crippen molar-refractivity contribution in [2.24, 2.45) is 5.92 Å². The predicted molar refractivity (Wildman–Crippen MR) is 105 cm³/mol. The SMILES string of the molecule is COc1ccc(NC(=O)CC[C@@H]2CCCN(CCn3cnnc3)C2)cc1Cl. The summed E-state index contributed by atoms with van der Waals surface area (Å²) in [6.45, 7) is 4.06. The number of halogens is 1. The van der Waals surface area contributed by atoms with Crippen LogP contribution in [0.15, 0.2) is 30.9 Å². The lowest BCUT2D eigenvalue weighted by atomic mass is 9.93. The number of aromatic nitrogens is 3. The lowest BCUT2D eigenvalue weighted by Crippen LogP contribution is -2.37. The number of amides is 1. The molecular weight excluding hydrogens is 366 g/mol. The maximum absolute atomic E-state index is 12.3. The van der Waals surface area contributed by atoms with Crippen LogP contribution < -0.4 is 10.1 Å². The molecule has 2 heterocycles. The second-order valence-corrected chi connectivity index (χ2v) is 7.35. The van der Waals surface area contributed by atoms with Crippen LogP contribution in [0.4, 0.5) is 5.69 Å². The van der Waals surface area contributed by atoms with Crippen LogP contribution in [-0.4, -0.2) is 52.3 Å². The van der Waals surface area contributed by atoms with Gasteiger partial charge in [0, 0.05) is 31.7 Å². The number of hydrogen-bond donors (Lipinski definition) is 1. The highest BCUT2D eigenvalue weighted by Gasteiger charge is 2.20. The normalized spacial score (nSPS) is 17.6. The number of carbonyl (C=O) groups is 1. The number of likely N-dealkylation sites (tertiary alicyclic amines) is 1. The van der Waals surface area contributed by atoms with Gasteiger partial charge >= 0.3 is 0 Å². The average molecular weight is 392 g/mol. The Morgan fingerprint density at radius 1 is 1.33 bits per heavy atom. The van der Waals surface area contributed by atoms with E-state index in [1.54, 1.807) is 38.0 Å². The number of methoxy groups -OCH3 is 1. The Hall–Kier alpha value is -2.12. The first-order chi connectivity index (χ1) is 13.1. The third-order valence-corrected chi connectivity index (χ3v) is 5.25. The van der Waals surface area contributed by atoms with Crippen molar-refractivity contribution in [2.45, 2.75) is 32.2 Å². The molecule has 0 unspecified atom stereocenters. The summed E-state index contributed by atoms with van der Waals surface area (Å²) in [5.74, 6) is 1.19. The lowest BCUT2D eigenvalue weighted by Gasteiger charge is -2.32. The van der Waals surface area contributed by atoms with Crippen LogP contribution >= 0.6 is 11.6 Å². The highest BCUT2D eigenvalue weighted by atomic mass is 35.5. The molecule has 1 aliphatic rings. The monoisotopic (exact) mass is 391 g/mol. The fourth-order valence-corrected chi connectivity index (χ4v) is 3.75. The molecule has 8 heteroatoms. The molecule has 27 heavy (non-hydrogen) atoms. The van der Waals surface area contributed by atoms with E-state index in [0.717, 1.165) is 32.6 Å². The Morgan fingerprint density at radius 2 is 2.15 bits per heavy atom. The molecule has 0 saturated carbocycles. The molecule has 1 aromatic heterocycles. The van der Waals surface area contributed by atoms with Crippen LogP contribution in [-0.2, 0) is 11.3 Å². The van der Waals surface area contributed by atoms with Gasteiger partial charge in [-0.3, -0.25) is 4.79 Å². The number of hydrogen-bond acceptors (Lipinski definition) is 5. The van der Waals surface area contributed by atoms with Gasteiger partial charge in [-0.2, -0.15) is 0 Å². The molecule has 1 N–H and O–H groups in total. The van der Waals surface area contributed by atoms with Crippen molar-refractivity contribution in [3.05, 3.63) is 35.9 Å². The standard InChI is InChI=1S/C19H26ClN5O2/c1-27-18-6-5-16(11-17(18)20)23-19(26)7-4-15-3-2-8-24(12-15)9-10-25-13-21-22-14-25/h5-6,11,13-15H,2-4,7-10,12H2,1H3,(H,23,26)/t15-/m0/s1. The van der Waals surface area contributed by atoms with Crippen molar-refractivity contribution < 1.29 is 9.53 Å². The number of benzene rings is 1. The van der Waals surface area contributed by atoms with E-state index in [1.807, 2.05) is 4.57 Å². The molecule has 7 nitrogen and oxygen atoms in total. The molecule has 3 rings (SSSR count). The molecule has 0 spiro atoms. The minimum Gasteiger partial charge on any atom is -0.495 e. The maximum Gasteiger partial charge on any atom is 0.224 e. The van der Waals surface area contributed by atoms with E-state index < -0.39 is 0 Å². The summed E-state index contributed by atoms with van der Waals surface area (Å²) in [4.78, 5) is 14.7. The number of anilines is 1. The van der Waals surface area contributed by atoms with E-state index in [1.165, 1.54) is 12.8 Å². The summed E-state index contributed by atoms with van der Waals surface area (Å²) in [6, 6.07) is 5.27. The van der Waals surface area contributed by atoms with Crippen LogP contribution in [0, 0.1) is 5.92 Å². The first kappa shape index (κ1) is 19.6. The van der Waals surface area contributed by atoms with Gasteiger partial charge in [-0.25, -0.2) is 0 Å². The molecule has 0 aliphatic carbocycles. The largest absolute Gasteiger partial charge is 0.495 e. The zero-order valence-electron chi connectivity index (χ0n) is 15.6. The molecule has 1 fully saturated rings. The summed E-state index contributed by atoms with van der Waals surface area (Å²) >= 11 is 6.10. The maximum atomic E-state index is 12.3. The molecule has 2 aromatic rings. The van der Waals surface area contributed by atoms with Crippen LogP contribution in [0.5, 0.6) is 5.75 Å². The first-order valence-corrected chi connectivity index (χ1v) is 9.70. The lowest BCUT2D eigenvalue weighted by molar-refractivity contribution is -0.116. The van der Waals surface area contributed by atoms with E-state index in [-0.39, 0.29) is 5.91 Å². The highest BCUT2D eigenvalue weighted by Crippen LogP contribution is 2.27. The Morgan fingerprint density at radius 3 is 2.89 bits per heavy atom. The summed E-state index contributed by atoms with van der Waals surface area (Å²) in [5, 5.41) is 11.1. The number of ether oxygens (including phenoxy) is 1. The Kier molecular flexibility index (Phi) is 7.06. The van der Waals surface area contributed by atoms with E-state index in [2.05, 4.69) is 20.4 Å². The minimum atomic E-state index is 0.0258. The molecule has 0 bridgehead atoms. The van der Waals surface area contributed by atoms with Gasteiger partial charge in [-0.1, -0.05) is 11.6 Å². The van der Waals surface area contributed by atoms with Gasteiger partial charge in [0.15, 0.2) is 0 Å². The second kappa shape index (κ2) is 9.71. The molecular formula is C19H26ClN5O2. The van der Waals surface area contributed by atoms with Crippen LogP contribution in [0.25, 0.3) is 0 Å². The number of piperidine rings is 1. The average Bonchev–Trinajstić information content (AvgIpc) is 3.19. The van der Waals surface area contributed by atoms with Gasteiger partial charge in [0.05, 0.1) is 12.1 Å². The predicted octanol–water partition coefficient (Wildman–Crippen LogP) is 3.07. The zero-order valence-corrected chi connectivity index (χ0v) is 16.4. The van der Waals surface area contributed by atoms with Crippen LogP contribution in [0.2, 0.25) is 5.02 Å². The number of nitrogens with zero attached hydrogens (tertiary/aromatic N) is 4. The van der Waals surface area contributed by atoms with Gasteiger partial charge < -0.3 is 19.5 Å². The van der Waals surface area contributed by atoms with Gasteiger partial charge in [0.1, 0.15) is 18.4 Å². The molecule has 1 amide bonds. The molecule has 1 atom stereocenters. The quantitative estimate of drug-likeness (QED) is 0.748. The van der Waals surface area contributed by atoms with Crippen molar-refractivity contribution in [3.63, 3.8) is 0 Å². The fraction of sp³-hybridized carbons (Fsp3) is 0.526. The molecule has 146 valence electrons. The third-order valence-electron chi connectivity index (χ3n) is 4.96. The minimum absolute atomic E-state index is 0.0258. The number of nitrogens with one attached hydrogen (secondary N) is 1. The molecule has 1 aliphatic heterocycles. The number of carbonyl (C=O) groups excluding carboxylic acids is 1. The van der Waals surface area contributed by atoms with E-state index in [4.69, 9.17) is 16.3 Å². The van der Waals surface area contributed by atoms with E-state index in [0.29, 0.717) is 28.8 Å². The van der Waals surface area contributed by atoms with E-state index in [9.17, 15) is 4.79 Å².